The average molecular weight is 418 g/mol. The van der Waals surface area contributed by atoms with Gasteiger partial charge in [-0.05, 0) is 18.9 Å². The number of carbonyl (C=O) groups excluding carboxylic acids is 1. The Hall–Kier alpha value is -1.35. The predicted molar refractivity (Wildman–Crippen MR) is 98.5 cm³/mol. The van der Waals surface area contributed by atoms with Crippen LogP contribution in [0.25, 0.3) is 0 Å². The first kappa shape index (κ1) is 18.7. The highest BCUT2D eigenvalue weighted by Gasteiger charge is 2.17. The number of guanidine groups is 1. The summed E-state index contributed by atoms with van der Waals surface area (Å²) in [5.74, 6) is 0.272. The van der Waals surface area contributed by atoms with Crippen LogP contribution in [-0.2, 0) is 16.1 Å². The van der Waals surface area contributed by atoms with E-state index in [0.717, 1.165) is 37.2 Å². The topological polar surface area (TPSA) is 80.0 Å². The van der Waals surface area contributed by atoms with Gasteiger partial charge in [0.25, 0.3) is 0 Å². The molecule has 0 radical (unpaired) electrons. The van der Waals surface area contributed by atoms with Crippen molar-refractivity contribution in [2.45, 2.75) is 19.4 Å². The zero-order chi connectivity index (χ0) is 15.1. The fraction of sp³-hybridized carbons (Fsp3) is 0.467. The third-order valence-electron chi connectivity index (χ3n) is 3.42. The van der Waals surface area contributed by atoms with Crippen LogP contribution in [0.15, 0.2) is 29.3 Å². The van der Waals surface area contributed by atoms with Gasteiger partial charge in [0.1, 0.15) is 6.54 Å². The molecule has 0 spiro atoms. The van der Waals surface area contributed by atoms with Gasteiger partial charge >= 0.3 is 0 Å². The van der Waals surface area contributed by atoms with Crippen LogP contribution in [0.5, 0.6) is 0 Å². The van der Waals surface area contributed by atoms with Gasteiger partial charge < -0.3 is 20.7 Å². The van der Waals surface area contributed by atoms with Crippen molar-refractivity contribution in [2.75, 3.05) is 32.1 Å². The van der Waals surface area contributed by atoms with Crippen LogP contribution >= 0.6 is 24.0 Å². The summed E-state index contributed by atoms with van der Waals surface area (Å²) < 4.78 is 5.13. The Morgan fingerprint density at radius 1 is 1.36 bits per heavy atom. The quantitative estimate of drug-likeness (QED) is 0.434. The molecule has 0 aliphatic carbocycles. The first-order valence-corrected chi connectivity index (χ1v) is 7.12. The normalized spacial score (nSPS) is 14.6. The number of nitrogens with one attached hydrogen (secondary N) is 1. The van der Waals surface area contributed by atoms with E-state index in [9.17, 15) is 4.79 Å². The Morgan fingerprint density at radius 3 is 2.73 bits per heavy atom. The third kappa shape index (κ3) is 5.45. The number of amides is 1. The number of likely N-dealkylation sites (tertiary alicyclic amines) is 1. The molecule has 0 unspecified atom stereocenters. The lowest BCUT2D eigenvalue weighted by atomic mass is 10.2. The van der Waals surface area contributed by atoms with Gasteiger partial charge in [-0.15, -0.1) is 24.0 Å². The van der Waals surface area contributed by atoms with Crippen LogP contribution in [0.3, 0.4) is 0 Å². The minimum Gasteiger partial charge on any atom is -0.380 e. The maximum Gasteiger partial charge on any atom is 0.244 e. The van der Waals surface area contributed by atoms with E-state index >= 15 is 0 Å². The highest BCUT2D eigenvalue weighted by atomic mass is 127. The van der Waals surface area contributed by atoms with Crippen LogP contribution < -0.4 is 11.1 Å². The Bertz CT molecular complexity index is 516. The molecule has 1 aromatic carbocycles. The molecule has 0 bridgehead atoms. The summed E-state index contributed by atoms with van der Waals surface area (Å²) in [5.41, 5.74) is 7.68. The third-order valence-corrected chi connectivity index (χ3v) is 3.42. The van der Waals surface area contributed by atoms with E-state index in [1.807, 2.05) is 29.2 Å². The van der Waals surface area contributed by atoms with Crippen LogP contribution in [0.1, 0.15) is 18.4 Å². The summed E-state index contributed by atoms with van der Waals surface area (Å²) in [6, 6.07) is 7.70. The molecule has 1 heterocycles. The SMILES string of the molecule is COCc1ccccc1NC(N)=NCC(=O)N1CCCC1.I. The molecule has 0 saturated carbocycles. The molecular weight excluding hydrogens is 395 g/mol. The molecular formula is C15H23IN4O2. The standard InChI is InChI=1S/C15H22N4O2.HI/c1-21-11-12-6-2-3-7-13(12)18-15(16)17-10-14(20)19-8-4-5-9-19;/h2-3,6-7H,4-5,8-11H2,1H3,(H3,16,17,18);1H. The van der Waals surface area contributed by atoms with Crippen LogP contribution in [0.4, 0.5) is 5.69 Å². The van der Waals surface area contributed by atoms with E-state index in [2.05, 4.69) is 10.3 Å². The molecule has 1 aliphatic heterocycles. The molecule has 22 heavy (non-hydrogen) atoms. The Labute approximate surface area is 148 Å². The highest BCUT2D eigenvalue weighted by molar-refractivity contribution is 14.0. The number of halogens is 1. The molecule has 1 fully saturated rings. The number of methoxy groups -OCH3 is 1. The lowest BCUT2D eigenvalue weighted by Crippen LogP contribution is -2.31. The van der Waals surface area contributed by atoms with Crippen molar-refractivity contribution in [1.29, 1.82) is 0 Å². The van der Waals surface area contributed by atoms with Gasteiger partial charge in [0, 0.05) is 31.5 Å². The number of para-hydroxylation sites is 1. The van der Waals surface area contributed by atoms with Crippen molar-refractivity contribution in [3.63, 3.8) is 0 Å². The molecule has 3 N–H and O–H groups in total. The van der Waals surface area contributed by atoms with E-state index in [4.69, 9.17) is 10.5 Å². The van der Waals surface area contributed by atoms with E-state index in [1.54, 1.807) is 7.11 Å². The van der Waals surface area contributed by atoms with E-state index in [0.29, 0.717) is 6.61 Å². The van der Waals surface area contributed by atoms with Gasteiger partial charge in [-0.3, -0.25) is 4.79 Å². The molecule has 2 rings (SSSR count). The summed E-state index contributed by atoms with van der Waals surface area (Å²) in [6.45, 7) is 2.24. The first-order chi connectivity index (χ1) is 10.2. The molecule has 0 atom stereocenters. The van der Waals surface area contributed by atoms with Gasteiger partial charge in [-0.25, -0.2) is 4.99 Å². The van der Waals surface area contributed by atoms with E-state index in [-0.39, 0.29) is 42.4 Å². The minimum atomic E-state index is 0. The Kier molecular flexibility index (Phi) is 8.18. The zero-order valence-electron chi connectivity index (χ0n) is 12.7. The molecule has 122 valence electrons. The second kappa shape index (κ2) is 9.62. The second-order valence-corrected chi connectivity index (χ2v) is 5.00. The van der Waals surface area contributed by atoms with Crippen molar-refractivity contribution < 1.29 is 9.53 Å². The maximum absolute atomic E-state index is 11.9. The fourth-order valence-corrected chi connectivity index (χ4v) is 2.32. The molecule has 7 heteroatoms. The van der Waals surface area contributed by atoms with Gasteiger partial charge in [0.15, 0.2) is 5.96 Å². The smallest absolute Gasteiger partial charge is 0.244 e. The van der Waals surface area contributed by atoms with Crippen molar-refractivity contribution in [3.05, 3.63) is 29.8 Å². The number of rotatable bonds is 5. The lowest BCUT2D eigenvalue weighted by Gasteiger charge is -2.14. The van der Waals surface area contributed by atoms with Crippen LogP contribution in [0.2, 0.25) is 0 Å². The van der Waals surface area contributed by atoms with Crippen molar-refractivity contribution in [1.82, 2.24) is 4.90 Å². The number of ether oxygens (including phenoxy) is 1. The number of hydrogen-bond acceptors (Lipinski definition) is 3. The Morgan fingerprint density at radius 2 is 2.05 bits per heavy atom. The number of nitrogens with zero attached hydrogens (tertiary/aromatic N) is 2. The van der Waals surface area contributed by atoms with E-state index < -0.39 is 0 Å². The summed E-state index contributed by atoms with van der Waals surface area (Å²) in [6.07, 6.45) is 2.15. The number of nitrogens with two attached hydrogens (primary N) is 1. The summed E-state index contributed by atoms with van der Waals surface area (Å²) in [4.78, 5) is 17.8. The van der Waals surface area contributed by atoms with Gasteiger partial charge in [-0.2, -0.15) is 0 Å². The fourth-order valence-electron chi connectivity index (χ4n) is 2.32. The predicted octanol–water partition coefficient (Wildman–Crippen LogP) is 1.80. The van der Waals surface area contributed by atoms with Gasteiger partial charge in [0.05, 0.1) is 6.61 Å². The number of carbonyl (C=O) groups is 1. The highest BCUT2D eigenvalue weighted by Crippen LogP contribution is 2.15. The van der Waals surface area contributed by atoms with Crippen molar-refractivity contribution in [2.24, 2.45) is 10.7 Å². The zero-order valence-corrected chi connectivity index (χ0v) is 15.1. The summed E-state index contributed by atoms with van der Waals surface area (Å²) in [5, 5.41) is 3.02. The lowest BCUT2D eigenvalue weighted by molar-refractivity contribution is -0.128. The Balaban J connectivity index is 0.00000242. The maximum atomic E-state index is 11.9. The summed E-state index contributed by atoms with van der Waals surface area (Å²) in [7, 11) is 1.64. The molecule has 0 aromatic heterocycles. The minimum absolute atomic E-state index is 0. The molecule has 1 aliphatic rings. The van der Waals surface area contributed by atoms with Gasteiger partial charge in [0.2, 0.25) is 5.91 Å². The number of benzene rings is 1. The average Bonchev–Trinajstić information content (AvgIpc) is 3.01. The second-order valence-electron chi connectivity index (χ2n) is 5.00. The van der Waals surface area contributed by atoms with Gasteiger partial charge in [-0.1, -0.05) is 18.2 Å². The monoisotopic (exact) mass is 418 g/mol. The molecule has 1 aromatic rings. The van der Waals surface area contributed by atoms with Crippen molar-refractivity contribution >= 4 is 41.5 Å². The van der Waals surface area contributed by atoms with Crippen LogP contribution in [-0.4, -0.2) is 43.5 Å². The molecule has 1 saturated heterocycles. The number of aliphatic imine (C=N–C) groups is 1. The number of hydrogen-bond donors (Lipinski definition) is 2. The van der Waals surface area contributed by atoms with E-state index in [1.165, 1.54) is 0 Å². The summed E-state index contributed by atoms with van der Waals surface area (Å²) >= 11 is 0. The van der Waals surface area contributed by atoms with Crippen LogP contribution in [0, 0.1) is 0 Å². The number of anilines is 1. The molecule has 6 nitrogen and oxygen atoms in total. The van der Waals surface area contributed by atoms with Crippen molar-refractivity contribution in [3.8, 4) is 0 Å². The first-order valence-electron chi connectivity index (χ1n) is 7.12. The largest absolute Gasteiger partial charge is 0.380 e. The molecule has 1 amide bonds.